The number of aromatic nitrogens is 5. The molecule has 3 N–H and O–H groups in total. The van der Waals surface area contributed by atoms with E-state index in [0.29, 0.717) is 28.0 Å². The van der Waals surface area contributed by atoms with Crippen LogP contribution in [0.2, 0.25) is 0 Å². The van der Waals surface area contributed by atoms with Crippen LogP contribution in [0.4, 0.5) is 0 Å². The first-order valence-corrected chi connectivity index (χ1v) is 10.3. The van der Waals surface area contributed by atoms with Crippen LogP contribution in [0.3, 0.4) is 0 Å². The van der Waals surface area contributed by atoms with Crippen LogP contribution in [0.15, 0.2) is 59.8 Å². The second kappa shape index (κ2) is 8.92. The summed E-state index contributed by atoms with van der Waals surface area (Å²) in [6.07, 6.45) is 0. The van der Waals surface area contributed by atoms with E-state index >= 15 is 0 Å². The standard InChI is InChI=1S/C21H20N6O3S/c1-29-15-7-3-13(4-8-15)17-11-18(24-23-17)20-25-26-21(27(20)22)31-12-19(28)14-5-9-16(30-2)10-6-14/h3-11H,12,22H2,1-2H3,(H,23,24). The minimum atomic E-state index is -0.0412. The topological polar surface area (TPSA) is 121 Å². The summed E-state index contributed by atoms with van der Waals surface area (Å²) in [4.78, 5) is 12.4. The molecule has 0 atom stereocenters. The van der Waals surface area contributed by atoms with Crippen molar-refractivity contribution in [3.05, 3.63) is 60.2 Å². The number of nitrogens with zero attached hydrogens (tertiary/aromatic N) is 4. The normalized spacial score (nSPS) is 10.8. The van der Waals surface area contributed by atoms with E-state index in [1.165, 1.54) is 16.4 Å². The van der Waals surface area contributed by atoms with Crippen molar-refractivity contribution in [3.8, 4) is 34.3 Å². The number of hydrogen-bond acceptors (Lipinski definition) is 8. The highest BCUT2D eigenvalue weighted by molar-refractivity contribution is 7.99. The van der Waals surface area contributed by atoms with Gasteiger partial charge in [-0.3, -0.25) is 9.89 Å². The third-order valence-electron chi connectivity index (χ3n) is 4.61. The lowest BCUT2D eigenvalue weighted by Crippen LogP contribution is -2.13. The van der Waals surface area contributed by atoms with Gasteiger partial charge >= 0.3 is 0 Å². The number of benzene rings is 2. The summed E-state index contributed by atoms with van der Waals surface area (Å²) >= 11 is 1.22. The first-order chi connectivity index (χ1) is 15.1. The zero-order valence-electron chi connectivity index (χ0n) is 16.9. The molecule has 0 bridgehead atoms. The molecule has 4 aromatic rings. The molecule has 158 valence electrons. The zero-order chi connectivity index (χ0) is 21.8. The maximum absolute atomic E-state index is 12.4. The Hall–Kier alpha value is -3.79. The molecule has 0 saturated heterocycles. The summed E-state index contributed by atoms with van der Waals surface area (Å²) < 4.78 is 11.6. The Morgan fingerprint density at radius 2 is 1.68 bits per heavy atom. The lowest BCUT2D eigenvalue weighted by Gasteiger charge is -2.04. The summed E-state index contributed by atoms with van der Waals surface area (Å²) in [7, 11) is 3.20. The van der Waals surface area contributed by atoms with Gasteiger partial charge in [0.25, 0.3) is 0 Å². The van der Waals surface area contributed by atoms with Gasteiger partial charge in [-0.2, -0.15) is 5.10 Å². The van der Waals surface area contributed by atoms with Crippen LogP contribution >= 0.6 is 11.8 Å². The molecular formula is C21H20N6O3S. The van der Waals surface area contributed by atoms with Crippen molar-refractivity contribution < 1.29 is 14.3 Å². The summed E-state index contributed by atoms with van der Waals surface area (Å²) in [5.41, 5.74) is 2.87. The van der Waals surface area contributed by atoms with Gasteiger partial charge in [-0.15, -0.1) is 10.2 Å². The zero-order valence-corrected chi connectivity index (χ0v) is 17.7. The van der Waals surface area contributed by atoms with Crippen LogP contribution in [0, 0.1) is 0 Å². The number of rotatable bonds is 8. The van der Waals surface area contributed by atoms with E-state index in [0.717, 1.165) is 17.0 Å². The summed E-state index contributed by atoms with van der Waals surface area (Å²) in [6, 6.07) is 16.4. The molecule has 31 heavy (non-hydrogen) atoms. The molecule has 0 spiro atoms. The first-order valence-electron chi connectivity index (χ1n) is 9.30. The van der Waals surface area contributed by atoms with E-state index in [1.807, 2.05) is 30.3 Å². The Labute approximate surface area is 182 Å². The Balaban J connectivity index is 1.45. The number of thioether (sulfide) groups is 1. The van der Waals surface area contributed by atoms with Crippen LogP contribution < -0.4 is 15.3 Å². The fraction of sp³-hybridized carbons (Fsp3) is 0.143. The fourth-order valence-electron chi connectivity index (χ4n) is 2.90. The van der Waals surface area contributed by atoms with Gasteiger partial charge in [-0.25, -0.2) is 4.68 Å². The second-order valence-corrected chi connectivity index (χ2v) is 7.45. The smallest absolute Gasteiger partial charge is 0.210 e. The number of carbonyl (C=O) groups is 1. The molecule has 0 radical (unpaired) electrons. The summed E-state index contributed by atoms with van der Waals surface area (Å²) in [5.74, 6) is 8.20. The maximum Gasteiger partial charge on any atom is 0.210 e. The van der Waals surface area contributed by atoms with Crippen LogP contribution in [-0.2, 0) is 0 Å². The highest BCUT2D eigenvalue weighted by Crippen LogP contribution is 2.26. The van der Waals surface area contributed by atoms with E-state index in [2.05, 4.69) is 20.4 Å². The Morgan fingerprint density at radius 3 is 2.32 bits per heavy atom. The van der Waals surface area contributed by atoms with Gasteiger partial charge in [0.1, 0.15) is 17.2 Å². The molecule has 10 heteroatoms. The molecule has 0 aliphatic rings. The highest BCUT2D eigenvalue weighted by Gasteiger charge is 2.17. The van der Waals surface area contributed by atoms with Gasteiger partial charge in [-0.1, -0.05) is 11.8 Å². The molecule has 2 heterocycles. The monoisotopic (exact) mass is 436 g/mol. The average molecular weight is 436 g/mol. The molecule has 0 aliphatic carbocycles. The lowest BCUT2D eigenvalue weighted by molar-refractivity contribution is 0.102. The van der Waals surface area contributed by atoms with Crippen molar-refractivity contribution in [2.75, 3.05) is 25.8 Å². The average Bonchev–Trinajstić information content (AvgIpc) is 3.44. The molecule has 2 aromatic heterocycles. The number of hydrogen-bond donors (Lipinski definition) is 2. The van der Waals surface area contributed by atoms with Crippen molar-refractivity contribution in [2.24, 2.45) is 0 Å². The quantitative estimate of drug-likeness (QED) is 0.246. The molecule has 9 nitrogen and oxygen atoms in total. The van der Waals surface area contributed by atoms with Crippen molar-refractivity contribution in [1.29, 1.82) is 0 Å². The third kappa shape index (κ3) is 4.38. The van der Waals surface area contributed by atoms with Crippen LogP contribution in [-0.4, -0.2) is 50.8 Å². The van der Waals surface area contributed by atoms with Crippen LogP contribution in [0.1, 0.15) is 10.4 Å². The predicted octanol–water partition coefficient (Wildman–Crippen LogP) is 3.04. The van der Waals surface area contributed by atoms with E-state index in [9.17, 15) is 4.79 Å². The number of nitrogen functional groups attached to an aromatic ring is 1. The Morgan fingerprint density at radius 1 is 1.03 bits per heavy atom. The van der Waals surface area contributed by atoms with Crippen LogP contribution in [0.25, 0.3) is 22.8 Å². The largest absolute Gasteiger partial charge is 0.497 e. The van der Waals surface area contributed by atoms with Gasteiger partial charge in [0, 0.05) is 11.1 Å². The number of H-pyrrole nitrogens is 1. The molecule has 0 amide bonds. The van der Waals surface area contributed by atoms with Crippen molar-refractivity contribution in [2.45, 2.75) is 5.16 Å². The molecular weight excluding hydrogens is 416 g/mol. The van der Waals surface area contributed by atoms with Gasteiger partial charge in [0.15, 0.2) is 5.78 Å². The van der Waals surface area contributed by atoms with E-state index < -0.39 is 0 Å². The van der Waals surface area contributed by atoms with Gasteiger partial charge in [0.2, 0.25) is 11.0 Å². The van der Waals surface area contributed by atoms with Gasteiger partial charge in [-0.05, 0) is 54.6 Å². The first kappa shape index (κ1) is 20.5. The van der Waals surface area contributed by atoms with Crippen molar-refractivity contribution >= 4 is 17.5 Å². The number of ether oxygens (including phenoxy) is 2. The molecule has 0 fully saturated rings. The molecule has 0 aliphatic heterocycles. The summed E-state index contributed by atoms with van der Waals surface area (Å²) in [5, 5.41) is 15.9. The number of aromatic amines is 1. The Kier molecular flexibility index (Phi) is 5.89. The number of nitrogens with two attached hydrogens (primary N) is 1. The van der Waals surface area contributed by atoms with Gasteiger partial charge < -0.3 is 15.3 Å². The number of ketones is 1. The lowest BCUT2D eigenvalue weighted by atomic mass is 10.1. The minimum Gasteiger partial charge on any atom is -0.497 e. The fourth-order valence-corrected chi connectivity index (χ4v) is 3.65. The SMILES string of the molecule is COc1ccc(C(=O)CSc2nnc(-c3cc(-c4ccc(OC)cc4)n[nH]3)n2N)cc1. The number of methoxy groups -OCH3 is 2. The molecule has 0 unspecified atom stereocenters. The van der Waals surface area contributed by atoms with Gasteiger partial charge in [0.05, 0.1) is 25.7 Å². The van der Waals surface area contributed by atoms with Crippen molar-refractivity contribution in [3.63, 3.8) is 0 Å². The predicted molar refractivity (Wildman–Crippen MR) is 118 cm³/mol. The van der Waals surface area contributed by atoms with E-state index in [1.54, 1.807) is 38.5 Å². The van der Waals surface area contributed by atoms with Crippen molar-refractivity contribution in [1.82, 2.24) is 25.1 Å². The summed E-state index contributed by atoms with van der Waals surface area (Å²) in [6.45, 7) is 0. The number of Topliss-reactive ketones (excluding diaryl/α,β-unsaturated/α-hetero) is 1. The maximum atomic E-state index is 12.4. The minimum absolute atomic E-state index is 0.0412. The van der Waals surface area contributed by atoms with E-state index in [4.69, 9.17) is 15.3 Å². The van der Waals surface area contributed by atoms with Crippen LogP contribution in [0.5, 0.6) is 11.5 Å². The second-order valence-electron chi connectivity index (χ2n) is 6.51. The number of carbonyl (C=O) groups excluding carboxylic acids is 1. The molecule has 4 rings (SSSR count). The molecule has 2 aromatic carbocycles. The highest BCUT2D eigenvalue weighted by atomic mass is 32.2. The number of nitrogens with one attached hydrogen (secondary N) is 1. The molecule has 0 saturated carbocycles. The Bertz CT molecular complexity index is 1180. The van der Waals surface area contributed by atoms with E-state index in [-0.39, 0.29) is 11.5 Å². The third-order valence-corrected chi connectivity index (χ3v) is 5.56.